The lowest BCUT2D eigenvalue weighted by Gasteiger charge is -2.30. The molecule has 1 aliphatic rings. The predicted octanol–water partition coefficient (Wildman–Crippen LogP) is 3.23. The van der Waals surface area contributed by atoms with Crippen molar-refractivity contribution in [2.45, 2.75) is 57.2 Å². The molecule has 0 spiro atoms. The molecule has 32 heavy (non-hydrogen) atoms. The van der Waals surface area contributed by atoms with E-state index < -0.39 is 29.7 Å². The molecule has 174 valence electrons. The molecule has 2 unspecified atom stereocenters. The fraction of sp³-hybridized carbons (Fsp3) is 0.480. The molecular formula is C25H32F2N2O3. The molecule has 3 rings (SSSR count). The summed E-state index contributed by atoms with van der Waals surface area (Å²) in [4.78, 5) is 12.1. The summed E-state index contributed by atoms with van der Waals surface area (Å²) < 4.78 is 32.1. The Bertz CT molecular complexity index is 902. The standard InChI is InChI=1S/C25H32F2N2O3/c1-3-16-7-8-18-5-4-6-22(21(18)11-16)28-14-24(30)23(29-25(31)15-32-2)12-17-9-19(26)13-20(27)10-17/h7-11,13,22-24,28,30H,3-6,12,14-15H2,1-2H3,(H,29,31)/t22-,23?,24?/m0/s1. The van der Waals surface area contributed by atoms with Gasteiger partial charge in [0.05, 0.1) is 12.1 Å². The highest BCUT2D eigenvalue weighted by Crippen LogP contribution is 2.30. The van der Waals surface area contributed by atoms with Gasteiger partial charge < -0.3 is 20.5 Å². The molecular weight excluding hydrogens is 414 g/mol. The van der Waals surface area contributed by atoms with Crippen LogP contribution in [0.4, 0.5) is 8.78 Å². The SMILES string of the molecule is CCc1ccc2c(c1)[C@@H](NCC(O)C(Cc1cc(F)cc(F)c1)NC(=O)COC)CCC2. The first-order valence-corrected chi connectivity index (χ1v) is 11.2. The number of rotatable bonds is 10. The summed E-state index contributed by atoms with van der Waals surface area (Å²) in [5, 5.41) is 17.1. The third-order valence-electron chi connectivity index (χ3n) is 5.97. The molecule has 2 aromatic carbocycles. The summed E-state index contributed by atoms with van der Waals surface area (Å²) in [6.07, 6.45) is 3.16. The zero-order chi connectivity index (χ0) is 23.1. The minimum absolute atomic E-state index is 0.0915. The second kappa shape index (κ2) is 11.5. The van der Waals surface area contributed by atoms with E-state index in [-0.39, 0.29) is 25.6 Å². The minimum Gasteiger partial charge on any atom is -0.390 e. The molecule has 0 bridgehead atoms. The second-order valence-electron chi connectivity index (χ2n) is 8.40. The number of ether oxygens (including phenoxy) is 1. The van der Waals surface area contributed by atoms with Crippen molar-refractivity contribution in [3.63, 3.8) is 0 Å². The van der Waals surface area contributed by atoms with Crippen molar-refractivity contribution in [3.05, 3.63) is 70.3 Å². The van der Waals surface area contributed by atoms with Crippen molar-refractivity contribution in [1.82, 2.24) is 10.6 Å². The van der Waals surface area contributed by atoms with Crippen LogP contribution in [0, 0.1) is 11.6 Å². The number of carbonyl (C=O) groups is 1. The summed E-state index contributed by atoms with van der Waals surface area (Å²) >= 11 is 0. The summed E-state index contributed by atoms with van der Waals surface area (Å²) in [6.45, 7) is 2.19. The Morgan fingerprint density at radius 1 is 1.19 bits per heavy atom. The first kappa shape index (κ1) is 24.3. The van der Waals surface area contributed by atoms with Gasteiger partial charge in [0.15, 0.2) is 0 Å². The van der Waals surface area contributed by atoms with Crippen LogP contribution in [-0.2, 0) is 28.8 Å². The highest BCUT2D eigenvalue weighted by molar-refractivity contribution is 5.77. The zero-order valence-corrected chi connectivity index (χ0v) is 18.7. The van der Waals surface area contributed by atoms with E-state index in [0.717, 1.165) is 31.7 Å². The number of aliphatic hydroxyl groups is 1. The summed E-state index contributed by atoms with van der Waals surface area (Å²) in [5.74, 6) is -1.79. The number of hydrogen-bond acceptors (Lipinski definition) is 4. The smallest absolute Gasteiger partial charge is 0.246 e. The Morgan fingerprint density at radius 2 is 1.94 bits per heavy atom. The van der Waals surface area contributed by atoms with E-state index >= 15 is 0 Å². The van der Waals surface area contributed by atoms with Crippen molar-refractivity contribution >= 4 is 5.91 Å². The van der Waals surface area contributed by atoms with E-state index in [9.17, 15) is 18.7 Å². The Morgan fingerprint density at radius 3 is 2.62 bits per heavy atom. The van der Waals surface area contributed by atoms with E-state index in [1.54, 1.807) is 0 Å². The minimum atomic E-state index is -0.957. The topological polar surface area (TPSA) is 70.6 Å². The molecule has 0 fully saturated rings. The van der Waals surface area contributed by atoms with Gasteiger partial charge in [-0.1, -0.05) is 25.1 Å². The summed E-state index contributed by atoms with van der Waals surface area (Å²) in [7, 11) is 1.40. The van der Waals surface area contributed by atoms with Gasteiger partial charge in [0.2, 0.25) is 5.91 Å². The number of carbonyl (C=O) groups excluding carboxylic acids is 1. The average molecular weight is 447 g/mol. The van der Waals surface area contributed by atoms with Crippen molar-refractivity contribution in [1.29, 1.82) is 0 Å². The highest BCUT2D eigenvalue weighted by atomic mass is 19.1. The molecule has 0 saturated heterocycles. The number of hydrogen-bond donors (Lipinski definition) is 3. The van der Waals surface area contributed by atoms with Gasteiger partial charge in [-0.3, -0.25) is 4.79 Å². The number of benzene rings is 2. The van der Waals surface area contributed by atoms with Crippen LogP contribution < -0.4 is 10.6 Å². The molecule has 5 nitrogen and oxygen atoms in total. The van der Waals surface area contributed by atoms with Crippen molar-refractivity contribution in [3.8, 4) is 0 Å². The van der Waals surface area contributed by atoms with Crippen LogP contribution in [0.1, 0.15) is 48.1 Å². The lowest BCUT2D eigenvalue weighted by molar-refractivity contribution is -0.126. The van der Waals surface area contributed by atoms with Crippen LogP contribution in [-0.4, -0.2) is 43.4 Å². The number of fused-ring (bicyclic) bond motifs is 1. The highest BCUT2D eigenvalue weighted by Gasteiger charge is 2.25. The lowest BCUT2D eigenvalue weighted by Crippen LogP contribution is -2.50. The normalized spacial score (nSPS) is 17.5. The molecule has 3 N–H and O–H groups in total. The van der Waals surface area contributed by atoms with Gasteiger partial charge in [-0.2, -0.15) is 0 Å². The maximum Gasteiger partial charge on any atom is 0.246 e. The first-order chi connectivity index (χ1) is 15.4. The van der Waals surface area contributed by atoms with Gasteiger partial charge in [0.25, 0.3) is 0 Å². The maximum atomic E-state index is 13.6. The summed E-state index contributed by atoms with van der Waals surface area (Å²) in [5.41, 5.74) is 4.21. The monoisotopic (exact) mass is 446 g/mol. The average Bonchev–Trinajstić information content (AvgIpc) is 2.76. The van der Waals surface area contributed by atoms with Crippen LogP contribution in [0.5, 0.6) is 0 Å². The Kier molecular flexibility index (Phi) is 8.73. The Balaban J connectivity index is 1.71. The van der Waals surface area contributed by atoms with E-state index in [4.69, 9.17) is 4.74 Å². The van der Waals surface area contributed by atoms with Crippen LogP contribution in [0.15, 0.2) is 36.4 Å². The van der Waals surface area contributed by atoms with Gasteiger partial charge in [-0.25, -0.2) is 8.78 Å². The molecule has 0 saturated carbocycles. The molecule has 0 heterocycles. The molecule has 7 heteroatoms. The fourth-order valence-electron chi connectivity index (χ4n) is 4.33. The van der Waals surface area contributed by atoms with E-state index in [1.807, 2.05) is 0 Å². The quantitative estimate of drug-likeness (QED) is 0.524. The van der Waals surface area contributed by atoms with E-state index in [2.05, 4.69) is 35.8 Å². The number of aliphatic hydroxyl groups excluding tert-OH is 1. The number of amides is 1. The molecule has 3 atom stereocenters. The van der Waals surface area contributed by atoms with Crippen LogP contribution in [0.3, 0.4) is 0 Å². The molecule has 0 aliphatic heterocycles. The molecule has 1 amide bonds. The predicted molar refractivity (Wildman–Crippen MR) is 119 cm³/mol. The number of aryl methyl sites for hydroxylation is 2. The third kappa shape index (κ3) is 6.58. The van der Waals surface area contributed by atoms with Crippen molar-refractivity contribution < 1.29 is 23.4 Å². The third-order valence-corrected chi connectivity index (χ3v) is 5.97. The van der Waals surface area contributed by atoms with Gasteiger partial charge in [-0.05, 0) is 66.5 Å². The van der Waals surface area contributed by atoms with Crippen LogP contribution in [0.2, 0.25) is 0 Å². The van der Waals surface area contributed by atoms with Crippen molar-refractivity contribution in [2.24, 2.45) is 0 Å². The van der Waals surface area contributed by atoms with Gasteiger partial charge in [-0.15, -0.1) is 0 Å². The lowest BCUT2D eigenvalue weighted by atomic mass is 9.86. The van der Waals surface area contributed by atoms with Gasteiger partial charge in [0, 0.05) is 25.8 Å². The maximum absolute atomic E-state index is 13.6. The number of methoxy groups -OCH3 is 1. The Labute approximate surface area is 188 Å². The van der Waals surface area contributed by atoms with E-state index in [1.165, 1.54) is 35.9 Å². The first-order valence-electron chi connectivity index (χ1n) is 11.2. The van der Waals surface area contributed by atoms with E-state index in [0.29, 0.717) is 5.56 Å². The molecule has 1 aliphatic carbocycles. The van der Waals surface area contributed by atoms with Crippen LogP contribution >= 0.6 is 0 Å². The molecule has 2 aromatic rings. The molecule has 0 aromatic heterocycles. The van der Waals surface area contributed by atoms with Gasteiger partial charge >= 0.3 is 0 Å². The summed E-state index contributed by atoms with van der Waals surface area (Å²) in [6, 6.07) is 9.18. The fourth-order valence-corrected chi connectivity index (χ4v) is 4.33. The molecule has 0 radical (unpaired) electrons. The number of halogens is 2. The van der Waals surface area contributed by atoms with Gasteiger partial charge in [0.1, 0.15) is 18.2 Å². The van der Waals surface area contributed by atoms with Crippen LogP contribution in [0.25, 0.3) is 0 Å². The zero-order valence-electron chi connectivity index (χ0n) is 18.7. The second-order valence-corrected chi connectivity index (χ2v) is 8.40. The van der Waals surface area contributed by atoms with Crippen molar-refractivity contribution in [2.75, 3.05) is 20.3 Å². The Hall–Kier alpha value is -2.35. The largest absolute Gasteiger partial charge is 0.390 e. The number of nitrogens with one attached hydrogen (secondary N) is 2.